The van der Waals surface area contributed by atoms with Crippen molar-refractivity contribution in [2.75, 3.05) is 5.75 Å². The molecule has 1 heterocycles. The molecule has 5 nitrogen and oxygen atoms in total. The Balaban J connectivity index is 1.62. The van der Waals surface area contributed by atoms with Gasteiger partial charge >= 0.3 is 6.18 Å². The molecule has 3 aromatic carbocycles. The summed E-state index contributed by atoms with van der Waals surface area (Å²) in [6.07, 6.45) is -3.12. The largest absolute Gasteiger partial charge is 0.457 e. The number of ether oxygens (including phenoxy) is 1. The molecule has 164 valence electrons. The lowest BCUT2D eigenvalue weighted by atomic mass is 10.1. The molecule has 0 N–H and O–H groups in total. The first-order valence-corrected chi connectivity index (χ1v) is 11.3. The minimum absolute atomic E-state index is 0.0198. The van der Waals surface area contributed by atoms with Crippen LogP contribution in [0.4, 0.5) is 13.2 Å². The highest BCUT2D eigenvalue weighted by Crippen LogP contribution is 2.34. The van der Waals surface area contributed by atoms with Crippen LogP contribution in [0.15, 0.2) is 77.8 Å². The number of hydrogen-bond donors (Lipinski definition) is 0. The molecule has 0 atom stereocenters. The van der Waals surface area contributed by atoms with Crippen LogP contribution in [0.5, 0.6) is 11.5 Å². The van der Waals surface area contributed by atoms with Gasteiger partial charge in [-0.3, -0.25) is 4.98 Å². The van der Waals surface area contributed by atoms with Crippen LogP contribution in [0.1, 0.15) is 12.5 Å². The lowest BCUT2D eigenvalue weighted by Crippen LogP contribution is -2.07. The summed E-state index contributed by atoms with van der Waals surface area (Å²) < 4.78 is 69.8. The molecule has 0 aliphatic rings. The third-order valence-corrected chi connectivity index (χ3v) is 6.54. The summed E-state index contributed by atoms with van der Waals surface area (Å²) in [5.74, 6) is 0.769. The van der Waals surface area contributed by atoms with Crippen LogP contribution in [-0.4, -0.2) is 24.1 Å². The topological polar surface area (TPSA) is 69.2 Å². The fourth-order valence-corrected chi connectivity index (χ4v) is 4.04. The van der Waals surface area contributed by atoms with Gasteiger partial charge in [-0.2, -0.15) is 13.2 Å². The molecular weight excluding hydrogens is 441 g/mol. The summed E-state index contributed by atoms with van der Waals surface area (Å²) in [6, 6.07) is 16.5. The number of rotatable bonds is 5. The number of benzene rings is 3. The molecule has 0 bridgehead atoms. The van der Waals surface area contributed by atoms with Gasteiger partial charge in [0.25, 0.3) is 0 Å². The van der Waals surface area contributed by atoms with Crippen molar-refractivity contribution in [2.45, 2.75) is 18.0 Å². The van der Waals surface area contributed by atoms with Crippen LogP contribution in [0.3, 0.4) is 0 Å². The maximum Gasteiger partial charge on any atom is 0.418 e. The zero-order valence-electron chi connectivity index (χ0n) is 16.8. The normalized spacial score (nSPS) is 12.1. The Hall–Kier alpha value is -3.46. The minimum Gasteiger partial charge on any atom is -0.457 e. The number of nitrogens with zero attached hydrogens (tertiary/aromatic N) is 2. The van der Waals surface area contributed by atoms with Crippen molar-refractivity contribution >= 4 is 20.9 Å². The monoisotopic (exact) mass is 458 g/mol. The van der Waals surface area contributed by atoms with Gasteiger partial charge in [-0.25, -0.2) is 13.4 Å². The molecule has 9 heteroatoms. The maximum atomic E-state index is 13.3. The van der Waals surface area contributed by atoms with E-state index in [0.717, 1.165) is 6.07 Å². The summed E-state index contributed by atoms with van der Waals surface area (Å²) in [4.78, 5) is 8.46. The Morgan fingerprint density at radius 3 is 2.34 bits per heavy atom. The van der Waals surface area contributed by atoms with E-state index in [1.54, 1.807) is 43.3 Å². The van der Waals surface area contributed by atoms with E-state index in [-0.39, 0.29) is 27.4 Å². The molecule has 0 radical (unpaired) electrons. The van der Waals surface area contributed by atoms with E-state index >= 15 is 0 Å². The molecule has 0 unspecified atom stereocenters. The molecule has 32 heavy (non-hydrogen) atoms. The number of hydrogen-bond acceptors (Lipinski definition) is 5. The SMILES string of the molecule is CCS(=O)(=O)c1cccc(Oc2ccc(-c3cnc4cccc(C(F)(F)F)c4n3)cc2)c1. The lowest BCUT2D eigenvalue weighted by Gasteiger charge is -2.11. The van der Waals surface area contributed by atoms with Gasteiger partial charge in [0.1, 0.15) is 17.0 Å². The average Bonchev–Trinajstić information content (AvgIpc) is 2.78. The number of halogens is 3. The Morgan fingerprint density at radius 2 is 1.66 bits per heavy atom. The minimum atomic E-state index is -4.54. The first-order valence-electron chi connectivity index (χ1n) is 9.61. The summed E-state index contributed by atoms with van der Waals surface area (Å²) in [7, 11) is -3.36. The van der Waals surface area contributed by atoms with Gasteiger partial charge in [0.05, 0.1) is 33.6 Å². The van der Waals surface area contributed by atoms with Gasteiger partial charge < -0.3 is 4.74 Å². The predicted octanol–water partition coefficient (Wildman–Crippen LogP) is 5.90. The molecule has 0 fully saturated rings. The lowest BCUT2D eigenvalue weighted by molar-refractivity contribution is -0.136. The Labute approximate surface area is 182 Å². The number of alkyl halides is 3. The van der Waals surface area contributed by atoms with Gasteiger partial charge in [-0.05, 0) is 54.6 Å². The number of para-hydroxylation sites is 1. The fraction of sp³-hybridized carbons (Fsp3) is 0.130. The summed E-state index contributed by atoms with van der Waals surface area (Å²) >= 11 is 0. The third-order valence-electron chi connectivity index (χ3n) is 4.81. The van der Waals surface area contributed by atoms with Crippen LogP contribution < -0.4 is 4.74 Å². The van der Waals surface area contributed by atoms with Crippen molar-refractivity contribution in [2.24, 2.45) is 0 Å². The fourth-order valence-electron chi connectivity index (χ4n) is 3.13. The summed E-state index contributed by atoms with van der Waals surface area (Å²) in [6.45, 7) is 1.56. The van der Waals surface area contributed by atoms with Crippen LogP contribution in [0.25, 0.3) is 22.3 Å². The Morgan fingerprint density at radius 1 is 0.938 bits per heavy atom. The first-order chi connectivity index (χ1) is 15.2. The van der Waals surface area contributed by atoms with Crippen molar-refractivity contribution < 1.29 is 26.3 Å². The van der Waals surface area contributed by atoms with Crippen molar-refractivity contribution in [3.8, 4) is 22.8 Å². The number of sulfone groups is 1. The van der Waals surface area contributed by atoms with Crippen molar-refractivity contribution in [1.29, 1.82) is 0 Å². The van der Waals surface area contributed by atoms with E-state index in [9.17, 15) is 21.6 Å². The van der Waals surface area contributed by atoms with Gasteiger partial charge in [0.15, 0.2) is 9.84 Å². The van der Waals surface area contributed by atoms with Crippen LogP contribution >= 0.6 is 0 Å². The average molecular weight is 458 g/mol. The zero-order valence-corrected chi connectivity index (χ0v) is 17.6. The van der Waals surface area contributed by atoms with Crippen LogP contribution in [0.2, 0.25) is 0 Å². The summed E-state index contributed by atoms with van der Waals surface area (Å²) in [5, 5.41) is 0. The smallest absolute Gasteiger partial charge is 0.418 e. The summed E-state index contributed by atoms with van der Waals surface area (Å²) in [5.41, 5.74) is -0.0498. The highest BCUT2D eigenvalue weighted by molar-refractivity contribution is 7.91. The van der Waals surface area contributed by atoms with Gasteiger partial charge in [0.2, 0.25) is 0 Å². The molecule has 0 aliphatic carbocycles. The van der Waals surface area contributed by atoms with Gasteiger partial charge in [-0.15, -0.1) is 0 Å². The van der Waals surface area contributed by atoms with Crippen molar-refractivity contribution in [1.82, 2.24) is 9.97 Å². The second-order valence-corrected chi connectivity index (χ2v) is 9.21. The molecule has 0 aliphatic heterocycles. The molecule has 1 aromatic heterocycles. The predicted molar refractivity (Wildman–Crippen MR) is 114 cm³/mol. The highest BCUT2D eigenvalue weighted by atomic mass is 32.2. The zero-order chi connectivity index (χ0) is 22.9. The van der Waals surface area contributed by atoms with E-state index in [1.807, 2.05) is 0 Å². The van der Waals surface area contributed by atoms with Crippen LogP contribution in [-0.2, 0) is 16.0 Å². The molecule has 4 aromatic rings. The number of aromatic nitrogens is 2. The standard InChI is InChI=1S/C23H17F3N2O3S/c1-2-32(29,30)18-6-3-5-17(13-18)31-16-11-9-15(10-12-16)21-14-27-20-8-4-7-19(22(20)28-21)23(24,25)26/h3-14H,2H2,1H3. The van der Waals surface area contributed by atoms with E-state index < -0.39 is 21.6 Å². The quantitative estimate of drug-likeness (QED) is 0.372. The highest BCUT2D eigenvalue weighted by Gasteiger charge is 2.33. The Bertz CT molecular complexity index is 1390. The molecule has 0 amide bonds. The van der Waals surface area contributed by atoms with Gasteiger partial charge in [0, 0.05) is 5.56 Å². The van der Waals surface area contributed by atoms with E-state index in [2.05, 4.69) is 9.97 Å². The second-order valence-electron chi connectivity index (χ2n) is 6.93. The number of fused-ring (bicyclic) bond motifs is 1. The second kappa shape index (κ2) is 8.23. The molecule has 0 spiro atoms. The third kappa shape index (κ3) is 4.43. The van der Waals surface area contributed by atoms with Crippen LogP contribution in [0, 0.1) is 0 Å². The maximum absolute atomic E-state index is 13.3. The van der Waals surface area contributed by atoms with Crippen molar-refractivity contribution in [3.63, 3.8) is 0 Å². The molecule has 4 rings (SSSR count). The van der Waals surface area contributed by atoms with E-state index in [1.165, 1.54) is 30.5 Å². The first kappa shape index (κ1) is 21.8. The molecule has 0 saturated carbocycles. The molecule has 0 saturated heterocycles. The van der Waals surface area contributed by atoms with Crippen molar-refractivity contribution in [3.05, 3.63) is 78.5 Å². The van der Waals surface area contributed by atoms with E-state index in [0.29, 0.717) is 17.1 Å². The molecular formula is C23H17F3N2O3S. The van der Waals surface area contributed by atoms with Gasteiger partial charge in [-0.1, -0.05) is 19.1 Å². The Kier molecular flexibility index (Phi) is 5.60. The van der Waals surface area contributed by atoms with E-state index in [4.69, 9.17) is 4.74 Å².